The number of ether oxygens (including phenoxy) is 1. The van der Waals surface area contributed by atoms with E-state index in [-0.39, 0.29) is 18.5 Å². The largest absolute Gasteiger partial charge is 0.390 e. The van der Waals surface area contributed by atoms with Gasteiger partial charge in [0, 0.05) is 31.6 Å². The van der Waals surface area contributed by atoms with Crippen molar-refractivity contribution in [1.82, 2.24) is 4.90 Å². The van der Waals surface area contributed by atoms with E-state index in [2.05, 4.69) is 22.2 Å². The number of hydrogen-bond donors (Lipinski definition) is 1. The average Bonchev–Trinajstić information content (AvgIpc) is 3.29. The molecular weight excluding hydrogens is 419 g/mol. The van der Waals surface area contributed by atoms with Crippen LogP contribution < -0.4 is 0 Å². The maximum Gasteiger partial charge on any atom is 0.145 e. The van der Waals surface area contributed by atoms with Gasteiger partial charge in [-0.05, 0) is 17.2 Å². The van der Waals surface area contributed by atoms with E-state index in [0.29, 0.717) is 43.9 Å². The van der Waals surface area contributed by atoms with Gasteiger partial charge in [0.1, 0.15) is 11.9 Å². The zero-order valence-electron chi connectivity index (χ0n) is 18.5. The first-order chi connectivity index (χ1) is 16.2. The Morgan fingerprint density at radius 2 is 1.64 bits per heavy atom. The molecule has 0 spiro atoms. The van der Waals surface area contributed by atoms with Crippen LogP contribution in [0.2, 0.25) is 0 Å². The Morgan fingerprint density at radius 3 is 2.36 bits per heavy atom. The first-order valence-corrected chi connectivity index (χ1v) is 11.2. The van der Waals surface area contributed by atoms with Crippen LogP contribution in [0.25, 0.3) is 0 Å². The molecule has 3 aromatic carbocycles. The molecule has 33 heavy (non-hydrogen) atoms. The molecule has 172 valence electrons. The van der Waals surface area contributed by atoms with Crippen LogP contribution in [0.4, 0.5) is 4.39 Å². The molecule has 1 aliphatic rings. The van der Waals surface area contributed by atoms with Crippen molar-refractivity contribution in [2.24, 2.45) is 5.16 Å². The van der Waals surface area contributed by atoms with Crippen LogP contribution in [0.1, 0.15) is 23.1 Å². The van der Waals surface area contributed by atoms with E-state index in [4.69, 9.17) is 9.57 Å². The molecule has 2 atom stereocenters. The van der Waals surface area contributed by atoms with Crippen molar-refractivity contribution in [3.05, 3.63) is 107 Å². The second kappa shape index (κ2) is 11.7. The number of oxime groups is 1. The third kappa shape index (κ3) is 6.96. The molecule has 0 aromatic heterocycles. The fraction of sp³-hybridized carbons (Fsp3) is 0.296. The first kappa shape index (κ1) is 23.1. The van der Waals surface area contributed by atoms with Gasteiger partial charge in [0.25, 0.3) is 0 Å². The fourth-order valence-corrected chi connectivity index (χ4v) is 3.95. The summed E-state index contributed by atoms with van der Waals surface area (Å²) in [4.78, 5) is 7.77. The number of halogens is 1. The van der Waals surface area contributed by atoms with E-state index in [1.807, 2.05) is 48.5 Å². The predicted molar refractivity (Wildman–Crippen MR) is 126 cm³/mol. The molecule has 0 saturated carbocycles. The van der Waals surface area contributed by atoms with Crippen LogP contribution in [0.5, 0.6) is 0 Å². The Morgan fingerprint density at radius 1 is 0.970 bits per heavy atom. The van der Waals surface area contributed by atoms with Crippen molar-refractivity contribution in [1.29, 1.82) is 0 Å². The lowest BCUT2D eigenvalue weighted by atomic mass is 10.0. The molecule has 0 aliphatic carbocycles. The molecular formula is C27H29FN2O3. The average molecular weight is 449 g/mol. The Bertz CT molecular complexity index is 1030. The third-order valence-corrected chi connectivity index (χ3v) is 5.52. The molecule has 0 bridgehead atoms. The smallest absolute Gasteiger partial charge is 0.145 e. The van der Waals surface area contributed by atoms with Gasteiger partial charge in [-0.2, -0.15) is 0 Å². The van der Waals surface area contributed by atoms with E-state index < -0.39 is 6.10 Å². The van der Waals surface area contributed by atoms with Crippen LogP contribution in [0.15, 0.2) is 90.1 Å². The van der Waals surface area contributed by atoms with Crippen LogP contribution in [0, 0.1) is 5.82 Å². The number of aliphatic hydroxyl groups is 1. The van der Waals surface area contributed by atoms with Crippen LogP contribution in [0.3, 0.4) is 0 Å². The summed E-state index contributed by atoms with van der Waals surface area (Å²) in [6.07, 6.45) is -0.334. The van der Waals surface area contributed by atoms with Crippen molar-refractivity contribution in [3.63, 3.8) is 0 Å². The molecule has 5 nitrogen and oxygen atoms in total. The molecule has 1 aliphatic heterocycles. The molecule has 0 unspecified atom stereocenters. The Balaban J connectivity index is 1.33. The normalized spacial score (nSPS) is 16.5. The van der Waals surface area contributed by atoms with Crippen molar-refractivity contribution in [3.8, 4) is 0 Å². The number of benzene rings is 3. The molecule has 0 fully saturated rings. The SMILES string of the molecule is O[C@H](COCc1ccccc1)CN(Cc1ccccc1)C[C@H]1CC(c2ccccc2F)=NO1. The minimum absolute atomic E-state index is 0.208. The summed E-state index contributed by atoms with van der Waals surface area (Å²) in [5.74, 6) is -0.298. The van der Waals surface area contributed by atoms with Gasteiger partial charge in [0.05, 0.1) is 25.0 Å². The Kier molecular flexibility index (Phi) is 8.19. The highest BCUT2D eigenvalue weighted by Gasteiger charge is 2.27. The maximum absolute atomic E-state index is 14.1. The van der Waals surface area contributed by atoms with Gasteiger partial charge >= 0.3 is 0 Å². The molecule has 0 saturated heterocycles. The van der Waals surface area contributed by atoms with Crippen molar-refractivity contribution in [2.75, 3.05) is 19.7 Å². The molecule has 4 rings (SSSR count). The molecule has 6 heteroatoms. The molecule has 1 N–H and O–H groups in total. The lowest BCUT2D eigenvalue weighted by Crippen LogP contribution is -2.39. The first-order valence-electron chi connectivity index (χ1n) is 11.2. The van der Waals surface area contributed by atoms with Crippen molar-refractivity contribution in [2.45, 2.75) is 31.8 Å². The Labute approximate surface area is 194 Å². The topological polar surface area (TPSA) is 54.3 Å². The minimum atomic E-state index is -0.647. The van der Waals surface area contributed by atoms with E-state index in [9.17, 15) is 9.50 Å². The van der Waals surface area contributed by atoms with E-state index in [1.54, 1.807) is 18.2 Å². The number of rotatable bonds is 11. The zero-order valence-corrected chi connectivity index (χ0v) is 18.5. The number of hydrogen-bond acceptors (Lipinski definition) is 5. The highest BCUT2D eigenvalue weighted by atomic mass is 19.1. The van der Waals surface area contributed by atoms with Crippen molar-refractivity contribution >= 4 is 5.71 Å². The second-order valence-corrected chi connectivity index (χ2v) is 8.28. The summed E-state index contributed by atoms with van der Waals surface area (Å²) >= 11 is 0. The standard InChI is InChI=1S/C27H29FN2O3/c28-26-14-8-7-13-25(26)27-15-24(33-29-27)18-30(16-21-9-3-1-4-10-21)17-23(31)20-32-19-22-11-5-2-6-12-22/h1-14,23-24,31H,15-20H2/t23-,24+/m0/s1. The summed E-state index contributed by atoms with van der Waals surface area (Å²) in [6, 6.07) is 26.6. The monoisotopic (exact) mass is 448 g/mol. The van der Waals surface area contributed by atoms with Crippen LogP contribution >= 0.6 is 0 Å². The summed E-state index contributed by atoms with van der Waals surface area (Å²) < 4.78 is 19.9. The molecule has 3 aromatic rings. The van der Waals surface area contributed by atoms with Gasteiger partial charge in [-0.3, -0.25) is 4.90 Å². The molecule has 0 amide bonds. The second-order valence-electron chi connectivity index (χ2n) is 8.28. The third-order valence-electron chi connectivity index (χ3n) is 5.52. The fourth-order valence-electron chi connectivity index (χ4n) is 3.95. The van der Waals surface area contributed by atoms with Gasteiger partial charge in [-0.25, -0.2) is 4.39 Å². The molecule has 1 heterocycles. The van der Waals surface area contributed by atoms with Crippen LogP contribution in [-0.4, -0.2) is 47.6 Å². The minimum Gasteiger partial charge on any atom is -0.390 e. The van der Waals surface area contributed by atoms with E-state index >= 15 is 0 Å². The highest BCUT2D eigenvalue weighted by Crippen LogP contribution is 2.20. The summed E-state index contributed by atoms with van der Waals surface area (Å²) in [6.45, 7) is 2.35. The summed E-state index contributed by atoms with van der Waals surface area (Å²) in [7, 11) is 0. The van der Waals surface area contributed by atoms with E-state index in [1.165, 1.54) is 6.07 Å². The van der Waals surface area contributed by atoms with Gasteiger partial charge in [-0.1, -0.05) is 84.0 Å². The predicted octanol–water partition coefficient (Wildman–Crippen LogP) is 4.40. The number of nitrogens with zero attached hydrogens (tertiary/aromatic N) is 2. The lowest BCUT2D eigenvalue weighted by Gasteiger charge is -2.27. The van der Waals surface area contributed by atoms with Gasteiger partial charge in [-0.15, -0.1) is 0 Å². The van der Waals surface area contributed by atoms with Gasteiger partial charge < -0.3 is 14.7 Å². The lowest BCUT2D eigenvalue weighted by molar-refractivity contribution is -0.00648. The summed E-state index contributed by atoms with van der Waals surface area (Å²) in [5.41, 5.74) is 3.31. The zero-order chi connectivity index (χ0) is 22.9. The summed E-state index contributed by atoms with van der Waals surface area (Å²) in [5, 5.41) is 14.8. The molecule has 0 radical (unpaired) electrons. The van der Waals surface area contributed by atoms with Crippen molar-refractivity contribution < 1.29 is 19.1 Å². The van der Waals surface area contributed by atoms with Gasteiger partial charge in [0.15, 0.2) is 0 Å². The van der Waals surface area contributed by atoms with Crippen LogP contribution in [-0.2, 0) is 22.7 Å². The van der Waals surface area contributed by atoms with E-state index in [0.717, 1.165) is 11.1 Å². The van der Waals surface area contributed by atoms with Gasteiger partial charge in [0.2, 0.25) is 0 Å². The quantitative estimate of drug-likeness (QED) is 0.473. The number of aliphatic hydroxyl groups excluding tert-OH is 1. The maximum atomic E-state index is 14.1. The highest BCUT2D eigenvalue weighted by molar-refractivity contribution is 6.01. The Hall–Kier alpha value is -3.06.